The van der Waals surface area contributed by atoms with Crippen LogP contribution in [0.5, 0.6) is 0 Å². The highest BCUT2D eigenvalue weighted by Crippen LogP contribution is 2.10. The van der Waals surface area contributed by atoms with Gasteiger partial charge < -0.3 is 19.9 Å². The molecule has 2 N–H and O–H groups in total. The number of amides is 2. The third kappa shape index (κ3) is 5.10. The number of carbonyl (C=O) groups excluding carboxylic acids is 1. The summed E-state index contributed by atoms with van der Waals surface area (Å²) < 4.78 is 1.91. The highest BCUT2D eigenvalue weighted by Gasteiger charge is 2.20. The number of hydrogen-bond acceptors (Lipinski definition) is 3. The monoisotopic (exact) mass is 316 g/mol. The summed E-state index contributed by atoms with van der Waals surface area (Å²) in [5.74, 6) is 0. The van der Waals surface area contributed by atoms with Crippen LogP contribution in [-0.2, 0) is 6.54 Å². The van der Waals surface area contributed by atoms with E-state index in [0.717, 1.165) is 11.3 Å². The van der Waals surface area contributed by atoms with Crippen molar-refractivity contribution in [2.45, 2.75) is 32.9 Å². The van der Waals surface area contributed by atoms with E-state index >= 15 is 0 Å². The van der Waals surface area contributed by atoms with Crippen LogP contribution in [0.1, 0.15) is 26.3 Å². The second-order valence-electron chi connectivity index (χ2n) is 6.13. The first-order valence-corrected chi connectivity index (χ1v) is 7.71. The van der Waals surface area contributed by atoms with Gasteiger partial charge in [0.2, 0.25) is 0 Å². The second-order valence-corrected chi connectivity index (χ2v) is 6.13. The highest BCUT2D eigenvalue weighted by atomic mass is 16.3. The number of benzene rings is 1. The molecule has 6 nitrogen and oxygen atoms in total. The van der Waals surface area contributed by atoms with Crippen molar-refractivity contribution >= 4 is 6.03 Å². The van der Waals surface area contributed by atoms with E-state index in [9.17, 15) is 9.90 Å². The zero-order valence-electron chi connectivity index (χ0n) is 13.9. The Bertz CT molecular complexity index is 632. The van der Waals surface area contributed by atoms with Crippen molar-refractivity contribution in [3.63, 3.8) is 0 Å². The van der Waals surface area contributed by atoms with Crippen LogP contribution in [0.3, 0.4) is 0 Å². The Morgan fingerprint density at radius 2 is 2.22 bits per heavy atom. The SMILES string of the molecule is CCN(CC(C)(C)O)C(=O)NCc1cccc(-n2ccnc2)c1. The molecule has 0 aliphatic rings. The molecule has 6 heteroatoms. The Labute approximate surface area is 136 Å². The van der Waals surface area contributed by atoms with E-state index in [1.54, 1.807) is 31.3 Å². The first-order valence-electron chi connectivity index (χ1n) is 7.71. The van der Waals surface area contributed by atoms with Gasteiger partial charge in [-0.1, -0.05) is 12.1 Å². The van der Waals surface area contributed by atoms with E-state index < -0.39 is 5.60 Å². The summed E-state index contributed by atoms with van der Waals surface area (Å²) in [6, 6.07) is 7.73. The molecule has 2 aromatic rings. The first kappa shape index (κ1) is 17.0. The number of aromatic nitrogens is 2. The van der Waals surface area contributed by atoms with Crippen LogP contribution in [0.2, 0.25) is 0 Å². The zero-order valence-corrected chi connectivity index (χ0v) is 13.9. The molecule has 0 bridgehead atoms. The van der Waals surface area contributed by atoms with E-state index in [1.165, 1.54) is 0 Å². The zero-order chi connectivity index (χ0) is 16.9. The molecule has 1 aromatic heterocycles. The molecule has 0 unspecified atom stereocenters. The molecule has 23 heavy (non-hydrogen) atoms. The number of rotatable bonds is 6. The number of likely N-dealkylation sites (N-methyl/N-ethyl adjacent to an activating group) is 1. The molecular formula is C17H24N4O2. The Kier molecular flexibility index (Phi) is 5.39. The maximum atomic E-state index is 12.2. The van der Waals surface area contributed by atoms with Crippen LogP contribution in [-0.4, -0.2) is 44.3 Å². The molecule has 1 aromatic carbocycles. The van der Waals surface area contributed by atoms with Crippen LogP contribution in [0, 0.1) is 0 Å². The van der Waals surface area contributed by atoms with Gasteiger partial charge >= 0.3 is 6.03 Å². The molecule has 0 saturated heterocycles. The fraction of sp³-hybridized carbons (Fsp3) is 0.412. The van der Waals surface area contributed by atoms with Crippen molar-refractivity contribution < 1.29 is 9.90 Å². The van der Waals surface area contributed by atoms with E-state index in [-0.39, 0.29) is 6.03 Å². The molecule has 0 saturated carbocycles. The normalized spacial score (nSPS) is 11.3. The average molecular weight is 316 g/mol. The van der Waals surface area contributed by atoms with Crippen molar-refractivity contribution in [1.82, 2.24) is 19.8 Å². The number of imidazole rings is 1. The predicted octanol–water partition coefficient (Wildman–Crippen LogP) is 2.17. The van der Waals surface area contributed by atoms with Gasteiger partial charge in [-0.3, -0.25) is 0 Å². The van der Waals surface area contributed by atoms with Crippen molar-refractivity contribution in [3.8, 4) is 5.69 Å². The number of nitrogens with one attached hydrogen (secondary N) is 1. The van der Waals surface area contributed by atoms with Gasteiger partial charge in [0.25, 0.3) is 0 Å². The fourth-order valence-corrected chi connectivity index (χ4v) is 2.32. The topological polar surface area (TPSA) is 70.4 Å². The number of urea groups is 1. The smallest absolute Gasteiger partial charge is 0.317 e. The summed E-state index contributed by atoms with van der Waals surface area (Å²) in [6.07, 6.45) is 5.34. The number of carbonyl (C=O) groups is 1. The molecular weight excluding hydrogens is 292 g/mol. The molecule has 1 heterocycles. The summed E-state index contributed by atoms with van der Waals surface area (Å²) in [4.78, 5) is 17.9. The molecule has 124 valence electrons. The Morgan fingerprint density at radius 1 is 1.43 bits per heavy atom. The maximum Gasteiger partial charge on any atom is 0.317 e. The maximum absolute atomic E-state index is 12.2. The molecule has 0 radical (unpaired) electrons. The van der Waals surface area contributed by atoms with E-state index in [0.29, 0.717) is 19.6 Å². The fourth-order valence-electron chi connectivity index (χ4n) is 2.32. The van der Waals surface area contributed by atoms with E-state index in [4.69, 9.17) is 0 Å². The lowest BCUT2D eigenvalue weighted by Gasteiger charge is -2.28. The molecule has 2 amide bonds. The van der Waals surface area contributed by atoms with Crippen molar-refractivity contribution in [2.24, 2.45) is 0 Å². The van der Waals surface area contributed by atoms with Crippen LogP contribution in [0.15, 0.2) is 43.0 Å². The van der Waals surface area contributed by atoms with Gasteiger partial charge in [-0.25, -0.2) is 9.78 Å². The molecule has 0 fully saturated rings. The van der Waals surface area contributed by atoms with Gasteiger partial charge in [0, 0.05) is 31.2 Å². The highest BCUT2D eigenvalue weighted by molar-refractivity contribution is 5.74. The van der Waals surface area contributed by atoms with Crippen LogP contribution < -0.4 is 5.32 Å². The molecule has 0 aliphatic carbocycles. The lowest BCUT2D eigenvalue weighted by Crippen LogP contribution is -2.46. The van der Waals surface area contributed by atoms with Crippen LogP contribution >= 0.6 is 0 Å². The summed E-state index contributed by atoms with van der Waals surface area (Å²) in [5.41, 5.74) is 1.09. The van der Waals surface area contributed by atoms with E-state index in [1.807, 2.05) is 42.0 Å². The predicted molar refractivity (Wildman–Crippen MR) is 89.3 cm³/mol. The van der Waals surface area contributed by atoms with E-state index in [2.05, 4.69) is 10.3 Å². The Balaban J connectivity index is 1.97. The van der Waals surface area contributed by atoms with Crippen molar-refractivity contribution in [3.05, 3.63) is 48.5 Å². The average Bonchev–Trinajstić information content (AvgIpc) is 3.04. The third-order valence-corrected chi connectivity index (χ3v) is 3.40. The van der Waals surface area contributed by atoms with Crippen molar-refractivity contribution in [1.29, 1.82) is 0 Å². The molecule has 0 aliphatic heterocycles. The summed E-state index contributed by atoms with van der Waals surface area (Å²) >= 11 is 0. The quantitative estimate of drug-likeness (QED) is 0.858. The second kappa shape index (κ2) is 7.28. The van der Waals surface area contributed by atoms with Crippen LogP contribution in [0.4, 0.5) is 4.79 Å². The minimum absolute atomic E-state index is 0.178. The molecule has 0 spiro atoms. The number of aliphatic hydroxyl groups is 1. The first-order chi connectivity index (χ1) is 10.9. The minimum atomic E-state index is -0.908. The summed E-state index contributed by atoms with van der Waals surface area (Å²) in [6.45, 7) is 6.55. The van der Waals surface area contributed by atoms with Gasteiger partial charge in [-0.05, 0) is 38.5 Å². The number of nitrogens with zero attached hydrogens (tertiary/aromatic N) is 3. The van der Waals surface area contributed by atoms with Gasteiger partial charge in [0.1, 0.15) is 0 Å². The van der Waals surface area contributed by atoms with Gasteiger partial charge in [-0.2, -0.15) is 0 Å². The molecule has 2 rings (SSSR count). The van der Waals surface area contributed by atoms with Gasteiger partial charge in [0.05, 0.1) is 18.5 Å². The summed E-state index contributed by atoms with van der Waals surface area (Å²) in [5, 5.41) is 12.8. The van der Waals surface area contributed by atoms with Gasteiger partial charge in [0.15, 0.2) is 0 Å². The Morgan fingerprint density at radius 3 is 2.83 bits per heavy atom. The number of hydrogen-bond donors (Lipinski definition) is 2. The Hall–Kier alpha value is -2.34. The largest absolute Gasteiger partial charge is 0.389 e. The molecule has 0 atom stereocenters. The minimum Gasteiger partial charge on any atom is -0.389 e. The standard InChI is InChI=1S/C17H24N4O2/c1-4-20(12-17(2,3)23)16(22)19-11-14-6-5-7-15(10-14)21-9-8-18-13-21/h5-10,13,23H,4,11-12H2,1-3H3,(H,19,22). The lowest BCUT2D eigenvalue weighted by atomic mass is 10.1. The van der Waals surface area contributed by atoms with Crippen LogP contribution in [0.25, 0.3) is 5.69 Å². The summed E-state index contributed by atoms with van der Waals surface area (Å²) in [7, 11) is 0. The third-order valence-electron chi connectivity index (χ3n) is 3.40. The lowest BCUT2D eigenvalue weighted by molar-refractivity contribution is 0.0480. The van der Waals surface area contributed by atoms with Crippen molar-refractivity contribution in [2.75, 3.05) is 13.1 Å². The van der Waals surface area contributed by atoms with Gasteiger partial charge in [-0.15, -0.1) is 0 Å².